The van der Waals surface area contributed by atoms with E-state index in [0.717, 1.165) is 19.3 Å². The Morgan fingerprint density at radius 2 is 1.35 bits per heavy atom. The molecule has 17 heavy (non-hydrogen) atoms. The van der Waals surface area contributed by atoms with Crippen LogP contribution in [0.5, 0.6) is 0 Å². The van der Waals surface area contributed by atoms with Crippen molar-refractivity contribution in [3.63, 3.8) is 0 Å². The fourth-order valence-corrected chi connectivity index (χ4v) is 6.03. The number of hydrogen-bond acceptors (Lipinski definition) is 2. The fourth-order valence-electron chi connectivity index (χ4n) is 6.03. The molecule has 5 saturated carbocycles. The Balaban J connectivity index is 1.69. The summed E-state index contributed by atoms with van der Waals surface area (Å²) in [5.74, 6) is 2.06. The van der Waals surface area contributed by atoms with Crippen molar-refractivity contribution in [2.24, 2.45) is 23.7 Å². The van der Waals surface area contributed by atoms with E-state index in [9.17, 15) is 10.2 Å². The predicted molar refractivity (Wildman–Crippen MR) is 65.4 cm³/mol. The molecule has 0 amide bonds. The zero-order valence-corrected chi connectivity index (χ0v) is 10.6. The molecule has 0 aromatic heterocycles. The minimum atomic E-state index is -0.403. The Bertz CT molecular complexity index is 316. The molecule has 0 saturated heterocycles. The highest BCUT2D eigenvalue weighted by Crippen LogP contribution is 2.63. The first-order valence-electron chi connectivity index (χ1n) is 7.55. The van der Waals surface area contributed by atoms with E-state index < -0.39 is 11.2 Å². The first-order valence-corrected chi connectivity index (χ1v) is 7.55. The van der Waals surface area contributed by atoms with Gasteiger partial charge in [0.2, 0.25) is 0 Å². The zero-order valence-electron chi connectivity index (χ0n) is 10.6. The van der Waals surface area contributed by atoms with Crippen molar-refractivity contribution in [3.8, 4) is 0 Å². The lowest BCUT2D eigenvalue weighted by atomic mass is 9.46. The minimum Gasteiger partial charge on any atom is -0.390 e. The summed E-state index contributed by atoms with van der Waals surface area (Å²) in [6.07, 6.45) is 10.2. The average Bonchev–Trinajstić information content (AvgIpc) is 2.77. The van der Waals surface area contributed by atoms with Gasteiger partial charge < -0.3 is 10.2 Å². The van der Waals surface area contributed by atoms with Crippen LogP contribution in [-0.2, 0) is 0 Å². The fraction of sp³-hybridized carbons (Fsp3) is 1.00. The normalized spacial score (nSPS) is 57.9. The number of aliphatic hydroxyl groups is 2. The van der Waals surface area contributed by atoms with Gasteiger partial charge in [-0.2, -0.15) is 0 Å². The molecule has 0 aliphatic heterocycles. The molecule has 4 bridgehead atoms. The molecule has 96 valence electrons. The van der Waals surface area contributed by atoms with E-state index in [2.05, 4.69) is 0 Å². The van der Waals surface area contributed by atoms with Gasteiger partial charge >= 0.3 is 0 Å². The van der Waals surface area contributed by atoms with Gasteiger partial charge in [-0.3, -0.25) is 0 Å². The van der Waals surface area contributed by atoms with E-state index >= 15 is 0 Å². The second kappa shape index (κ2) is 3.27. The monoisotopic (exact) mass is 236 g/mol. The summed E-state index contributed by atoms with van der Waals surface area (Å²) < 4.78 is 0. The summed E-state index contributed by atoms with van der Waals surface area (Å²) in [6, 6.07) is 0. The molecule has 2 unspecified atom stereocenters. The maximum Gasteiger partial charge on any atom is 0.0734 e. The van der Waals surface area contributed by atoms with Crippen LogP contribution in [0.1, 0.15) is 57.8 Å². The van der Waals surface area contributed by atoms with Crippen molar-refractivity contribution in [3.05, 3.63) is 0 Å². The van der Waals surface area contributed by atoms with E-state index in [0.29, 0.717) is 23.7 Å². The van der Waals surface area contributed by atoms with Gasteiger partial charge in [0, 0.05) is 0 Å². The lowest BCUT2D eigenvalue weighted by Crippen LogP contribution is -2.65. The van der Waals surface area contributed by atoms with Gasteiger partial charge in [-0.25, -0.2) is 0 Å². The van der Waals surface area contributed by atoms with Crippen molar-refractivity contribution in [2.45, 2.75) is 69.0 Å². The number of hydrogen-bond donors (Lipinski definition) is 2. The summed E-state index contributed by atoms with van der Waals surface area (Å²) in [5, 5.41) is 21.9. The standard InChI is InChI=1S/C15H24O2/c16-14-7-10-5-12(8-14)15(17,13(6-10)9-14)11-3-1-2-4-11/h10-13,16-17H,1-9H2. The molecule has 5 aliphatic rings. The third-order valence-electron chi connectivity index (χ3n) is 6.47. The molecule has 0 heterocycles. The summed E-state index contributed by atoms with van der Waals surface area (Å²) in [7, 11) is 0. The summed E-state index contributed by atoms with van der Waals surface area (Å²) in [5.41, 5.74) is -0.805. The molecular weight excluding hydrogens is 212 g/mol. The molecule has 2 atom stereocenters. The SMILES string of the molecule is OC12CC3CC(C1)C(O)(C1CCCC1)C(C3)C2. The highest BCUT2D eigenvalue weighted by molar-refractivity contribution is 5.14. The van der Waals surface area contributed by atoms with E-state index in [1.54, 1.807) is 0 Å². The maximum absolute atomic E-state index is 11.3. The van der Waals surface area contributed by atoms with Gasteiger partial charge in [0.05, 0.1) is 11.2 Å². The van der Waals surface area contributed by atoms with Crippen LogP contribution in [0.15, 0.2) is 0 Å². The van der Waals surface area contributed by atoms with Gasteiger partial charge in [-0.15, -0.1) is 0 Å². The van der Waals surface area contributed by atoms with Crippen LogP contribution in [0.25, 0.3) is 0 Å². The molecular formula is C15H24O2. The van der Waals surface area contributed by atoms with E-state index in [4.69, 9.17) is 0 Å². The third-order valence-corrected chi connectivity index (χ3v) is 6.47. The largest absolute Gasteiger partial charge is 0.390 e. The minimum absolute atomic E-state index is 0.401. The third kappa shape index (κ3) is 1.34. The van der Waals surface area contributed by atoms with Crippen LogP contribution in [0.2, 0.25) is 0 Å². The van der Waals surface area contributed by atoms with Gasteiger partial charge in [0.25, 0.3) is 0 Å². The molecule has 2 N–H and O–H groups in total. The number of rotatable bonds is 1. The highest BCUT2D eigenvalue weighted by Gasteiger charge is 2.63. The van der Waals surface area contributed by atoms with E-state index in [1.165, 1.54) is 38.5 Å². The van der Waals surface area contributed by atoms with Crippen molar-refractivity contribution in [1.82, 2.24) is 0 Å². The van der Waals surface area contributed by atoms with Crippen LogP contribution in [0, 0.1) is 23.7 Å². The van der Waals surface area contributed by atoms with Crippen LogP contribution < -0.4 is 0 Å². The Morgan fingerprint density at radius 1 is 0.765 bits per heavy atom. The van der Waals surface area contributed by atoms with Crippen LogP contribution in [-0.4, -0.2) is 21.4 Å². The van der Waals surface area contributed by atoms with Gasteiger partial charge in [-0.05, 0) is 68.6 Å². The maximum atomic E-state index is 11.3. The Labute approximate surface area is 103 Å². The molecule has 0 aromatic carbocycles. The van der Waals surface area contributed by atoms with E-state index in [-0.39, 0.29) is 0 Å². The summed E-state index contributed by atoms with van der Waals surface area (Å²) in [6.45, 7) is 0. The van der Waals surface area contributed by atoms with Gasteiger partial charge in [-0.1, -0.05) is 12.8 Å². The summed E-state index contributed by atoms with van der Waals surface area (Å²) >= 11 is 0. The van der Waals surface area contributed by atoms with Crippen molar-refractivity contribution in [1.29, 1.82) is 0 Å². The zero-order chi connectivity index (χ0) is 11.7. The Hall–Kier alpha value is -0.0800. The molecule has 0 radical (unpaired) electrons. The second-order valence-electron chi connectivity index (χ2n) is 7.44. The molecule has 5 rings (SSSR count). The highest BCUT2D eigenvalue weighted by atomic mass is 16.3. The lowest BCUT2D eigenvalue weighted by Gasteiger charge is -2.63. The molecule has 5 fully saturated rings. The molecule has 0 aromatic rings. The quantitative estimate of drug-likeness (QED) is 0.734. The molecule has 2 nitrogen and oxygen atoms in total. The van der Waals surface area contributed by atoms with Crippen molar-refractivity contribution < 1.29 is 10.2 Å². The molecule has 0 spiro atoms. The van der Waals surface area contributed by atoms with Crippen molar-refractivity contribution in [2.75, 3.05) is 0 Å². The van der Waals surface area contributed by atoms with Crippen LogP contribution in [0.3, 0.4) is 0 Å². The first-order chi connectivity index (χ1) is 8.10. The summed E-state index contributed by atoms with van der Waals surface area (Å²) in [4.78, 5) is 0. The topological polar surface area (TPSA) is 40.5 Å². The molecule has 2 heteroatoms. The van der Waals surface area contributed by atoms with Crippen molar-refractivity contribution >= 4 is 0 Å². The molecule has 5 aliphatic carbocycles. The van der Waals surface area contributed by atoms with Gasteiger partial charge in [0.1, 0.15) is 0 Å². The van der Waals surface area contributed by atoms with Crippen LogP contribution >= 0.6 is 0 Å². The lowest BCUT2D eigenvalue weighted by molar-refractivity contribution is -0.245. The average molecular weight is 236 g/mol. The Kier molecular flexibility index (Phi) is 2.08. The second-order valence-corrected chi connectivity index (χ2v) is 7.44. The predicted octanol–water partition coefficient (Wildman–Crippen LogP) is 2.48. The Morgan fingerprint density at radius 3 is 1.88 bits per heavy atom. The van der Waals surface area contributed by atoms with E-state index in [1.807, 2.05) is 0 Å². The van der Waals surface area contributed by atoms with Crippen LogP contribution in [0.4, 0.5) is 0 Å². The van der Waals surface area contributed by atoms with Gasteiger partial charge in [0.15, 0.2) is 0 Å². The smallest absolute Gasteiger partial charge is 0.0734 e. The first kappa shape index (κ1) is 10.8.